The fraction of sp³-hybridized carbons (Fsp3) is 0.188. The van der Waals surface area contributed by atoms with Crippen LogP contribution in [0.4, 0.5) is 24.5 Å². The average molecular weight is 354 g/mol. The van der Waals surface area contributed by atoms with Crippen molar-refractivity contribution >= 4 is 17.3 Å². The van der Waals surface area contributed by atoms with Gasteiger partial charge in [-0.3, -0.25) is 14.9 Å². The maximum Gasteiger partial charge on any atom is 0.416 e. The minimum absolute atomic E-state index is 0.0535. The predicted octanol–water partition coefficient (Wildman–Crippen LogP) is 3.94. The lowest BCUT2D eigenvalue weighted by Gasteiger charge is -2.11. The normalized spacial score (nSPS) is 11.0. The van der Waals surface area contributed by atoms with Gasteiger partial charge in [-0.15, -0.1) is 0 Å². The molecule has 0 fully saturated rings. The molecule has 0 bridgehead atoms. The zero-order valence-corrected chi connectivity index (χ0v) is 13.0. The third-order valence-corrected chi connectivity index (χ3v) is 3.22. The maximum atomic E-state index is 12.6. The van der Waals surface area contributed by atoms with E-state index in [1.807, 2.05) is 0 Å². The molecule has 6 nitrogen and oxygen atoms in total. The molecule has 132 valence electrons. The first-order valence-corrected chi connectivity index (χ1v) is 7.02. The molecular formula is C16H13F3N2O4. The molecule has 2 rings (SSSR count). The van der Waals surface area contributed by atoms with Crippen LogP contribution in [-0.2, 0) is 11.0 Å². The molecule has 0 aromatic heterocycles. The van der Waals surface area contributed by atoms with E-state index in [1.165, 1.54) is 31.2 Å². The van der Waals surface area contributed by atoms with E-state index in [-0.39, 0.29) is 17.1 Å². The van der Waals surface area contributed by atoms with Crippen molar-refractivity contribution in [3.8, 4) is 5.75 Å². The van der Waals surface area contributed by atoms with Gasteiger partial charge in [0.1, 0.15) is 0 Å². The molecule has 0 aliphatic heterocycles. The maximum absolute atomic E-state index is 12.6. The van der Waals surface area contributed by atoms with Crippen molar-refractivity contribution in [3.05, 3.63) is 63.7 Å². The highest BCUT2D eigenvalue weighted by Gasteiger charge is 2.30. The van der Waals surface area contributed by atoms with E-state index < -0.39 is 29.2 Å². The molecule has 0 atom stereocenters. The van der Waals surface area contributed by atoms with Crippen molar-refractivity contribution in [2.75, 3.05) is 11.9 Å². The molecule has 1 amide bonds. The van der Waals surface area contributed by atoms with Crippen LogP contribution in [0.2, 0.25) is 0 Å². The topological polar surface area (TPSA) is 81.5 Å². The van der Waals surface area contributed by atoms with Crippen molar-refractivity contribution in [1.29, 1.82) is 0 Å². The average Bonchev–Trinajstić information content (AvgIpc) is 2.52. The molecule has 0 aliphatic rings. The first-order valence-electron chi connectivity index (χ1n) is 7.02. The zero-order chi connectivity index (χ0) is 18.6. The summed E-state index contributed by atoms with van der Waals surface area (Å²) < 4.78 is 43.0. The second kappa shape index (κ2) is 7.20. The number of hydrogen-bond acceptors (Lipinski definition) is 4. The van der Waals surface area contributed by atoms with Gasteiger partial charge in [-0.1, -0.05) is 18.2 Å². The van der Waals surface area contributed by atoms with E-state index in [9.17, 15) is 28.1 Å². The highest BCUT2D eigenvalue weighted by Crippen LogP contribution is 2.31. The van der Waals surface area contributed by atoms with Crippen molar-refractivity contribution in [2.45, 2.75) is 13.1 Å². The van der Waals surface area contributed by atoms with Gasteiger partial charge < -0.3 is 10.1 Å². The molecule has 2 aromatic carbocycles. The third kappa shape index (κ3) is 4.69. The molecule has 0 aliphatic carbocycles. The van der Waals surface area contributed by atoms with Crippen LogP contribution in [-0.4, -0.2) is 17.4 Å². The molecule has 2 aromatic rings. The third-order valence-electron chi connectivity index (χ3n) is 3.22. The highest BCUT2D eigenvalue weighted by molar-refractivity contribution is 5.92. The Bertz CT molecular complexity index is 806. The minimum atomic E-state index is -4.53. The molecule has 9 heteroatoms. The molecule has 0 spiro atoms. The van der Waals surface area contributed by atoms with Gasteiger partial charge in [0.25, 0.3) is 5.91 Å². The number of para-hydroxylation sites is 1. The smallest absolute Gasteiger partial charge is 0.416 e. The number of amides is 1. The molecular weight excluding hydrogens is 341 g/mol. The summed E-state index contributed by atoms with van der Waals surface area (Å²) in [4.78, 5) is 22.2. The number of anilines is 1. The number of hydrogen-bond donors (Lipinski definition) is 1. The summed E-state index contributed by atoms with van der Waals surface area (Å²) in [6.45, 7) is 0.939. The van der Waals surface area contributed by atoms with Gasteiger partial charge in [0, 0.05) is 11.3 Å². The van der Waals surface area contributed by atoms with E-state index in [0.717, 1.165) is 18.2 Å². The molecule has 0 unspecified atom stereocenters. The van der Waals surface area contributed by atoms with Crippen LogP contribution in [0.5, 0.6) is 5.75 Å². The van der Waals surface area contributed by atoms with Crippen molar-refractivity contribution in [3.63, 3.8) is 0 Å². The fourth-order valence-corrected chi connectivity index (χ4v) is 2.10. The van der Waals surface area contributed by atoms with E-state index in [0.29, 0.717) is 5.56 Å². The van der Waals surface area contributed by atoms with Gasteiger partial charge >= 0.3 is 11.9 Å². The van der Waals surface area contributed by atoms with Gasteiger partial charge in [-0.05, 0) is 31.2 Å². The highest BCUT2D eigenvalue weighted by atomic mass is 19.4. The lowest BCUT2D eigenvalue weighted by molar-refractivity contribution is -0.386. The van der Waals surface area contributed by atoms with Crippen LogP contribution in [0.25, 0.3) is 0 Å². The molecule has 25 heavy (non-hydrogen) atoms. The standard InChI is InChI=1S/C16H13F3N2O4/c1-10-4-2-7-13(15(10)21(23)24)25-9-14(22)20-12-6-3-5-11(8-12)16(17,18)19/h2-8H,9H2,1H3,(H,20,22). The fourth-order valence-electron chi connectivity index (χ4n) is 2.10. The second-order valence-corrected chi connectivity index (χ2v) is 5.09. The Morgan fingerprint density at radius 3 is 2.56 bits per heavy atom. The number of nitro groups is 1. The number of rotatable bonds is 5. The van der Waals surface area contributed by atoms with Crippen LogP contribution in [0.15, 0.2) is 42.5 Å². The largest absolute Gasteiger partial charge is 0.477 e. The molecule has 0 saturated heterocycles. The summed E-state index contributed by atoms with van der Waals surface area (Å²) in [5.41, 5.74) is -0.863. The Kier molecular flexibility index (Phi) is 5.26. The number of carbonyl (C=O) groups excluding carboxylic acids is 1. The van der Waals surface area contributed by atoms with Crippen LogP contribution >= 0.6 is 0 Å². The Labute approximate surface area is 140 Å². The summed E-state index contributed by atoms with van der Waals surface area (Å²) in [5.74, 6) is -0.834. The van der Waals surface area contributed by atoms with Crippen molar-refractivity contribution in [1.82, 2.24) is 0 Å². The second-order valence-electron chi connectivity index (χ2n) is 5.09. The Hall–Kier alpha value is -3.10. The summed E-state index contributed by atoms with van der Waals surface area (Å²) in [5, 5.41) is 13.3. The first-order chi connectivity index (χ1) is 11.7. The molecule has 0 heterocycles. The Balaban J connectivity index is 2.05. The summed E-state index contributed by atoms with van der Waals surface area (Å²) in [6, 6.07) is 8.50. The number of carbonyl (C=O) groups is 1. The number of nitro benzene ring substituents is 1. The van der Waals surface area contributed by atoms with Crippen molar-refractivity contribution < 1.29 is 27.6 Å². The molecule has 0 saturated carbocycles. The number of aryl methyl sites for hydroxylation is 1. The SMILES string of the molecule is Cc1cccc(OCC(=O)Nc2cccc(C(F)(F)F)c2)c1[N+](=O)[O-]. The van der Waals surface area contributed by atoms with Gasteiger partial charge in [0.05, 0.1) is 10.5 Å². The monoisotopic (exact) mass is 354 g/mol. The molecule has 1 N–H and O–H groups in total. The van der Waals surface area contributed by atoms with Gasteiger partial charge in [-0.2, -0.15) is 13.2 Å². The number of benzene rings is 2. The van der Waals surface area contributed by atoms with Crippen LogP contribution < -0.4 is 10.1 Å². The van der Waals surface area contributed by atoms with E-state index in [4.69, 9.17) is 4.74 Å². The Morgan fingerprint density at radius 1 is 1.24 bits per heavy atom. The van der Waals surface area contributed by atoms with Crippen LogP contribution in [0.1, 0.15) is 11.1 Å². The van der Waals surface area contributed by atoms with Crippen molar-refractivity contribution in [2.24, 2.45) is 0 Å². The van der Waals surface area contributed by atoms with E-state index in [1.54, 1.807) is 0 Å². The number of ether oxygens (including phenoxy) is 1. The van der Waals surface area contributed by atoms with Gasteiger partial charge in [0.15, 0.2) is 12.4 Å². The number of alkyl halides is 3. The Morgan fingerprint density at radius 2 is 1.92 bits per heavy atom. The van der Waals surface area contributed by atoms with E-state index in [2.05, 4.69) is 5.32 Å². The van der Waals surface area contributed by atoms with Gasteiger partial charge in [-0.25, -0.2) is 0 Å². The number of halogens is 3. The van der Waals surface area contributed by atoms with Gasteiger partial charge in [0.2, 0.25) is 0 Å². The summed E-state index contributed by atoms with van der Waals surface area (Å²) in [6.07, 6.45) is -4.53. The minimum Gasteiger partial charge on any atom is -0.477 e. The van der Waals surface area contributed by atoms with Crippen LogP contribution in [0.3, 0.4) is 0 Å². The summed E-state index contributed by atoms with van der Waals surface area (Å²) in [7, 11) is 0. The molecule has 0 radical (unpaired) electrons. The number of nitrogens with zero attached hydrogens (tertiary/aromatic N) is 1. The van der Waals surface area contributed by atoms with Crippen LogP contribution in [0, 0.1) is 17.0 Å². The lowest BCUT2D eigenvalue weighted by atomic mass is 10.2. The number of nitrogens with one attached hydrogen (secondary N) is 1. The quantitative estimate of drug-likeness (QED) is 0.651. The first kappa shape index (κ1) is 18.2. The zero-order valence-electron chi connectivity index (χ0n) is 13.0. The lowest BCUT2D eigenvalue weighted by Crippen LogP contribution is -2.20. The summed E-state index contributed by atoms with van der Waals surface area (Å²) >= 11 is 0. The van der Waals surface area contributed by atoms with E-state index >= 15 is 0 Å². The predicted molar refractivity (Wildman–Crippen MR) is 83.4 cm³/mol.